The second-order valence-corrected chi connectivity index (χ2v) is 5.54. The number of ether oxygens (including phenoxy) is 1. The number of hydrogen-bond donors (Lipinski definition) is 3. The lowest BCUT2D eigenvalue weighted by Crippen LogP contribution is -2.46. The third-order valence-electron chi connectivity index (χ3n) is 3.41. The Labute approximate surface area is 146 Å². The van der Waals surface area contributed by atoms with Crippen LogP contribution in [0.15, 0.2) is 24.3 Å². The molecule has 0 saturated heterocycles. The van der Waals surface area contributed by atoms with Crippen molar-refractivity contribution in [2.24, 2.45) is 11.7 Å². The molecule has 0 spiro atoms. The Balaban J connectivity index is 2.89. The normalized spacial score (nSPS) is 12.6. The molecule has 0 saturated carbocycles. The molecule has 1 rings (SSSR count). The summed E-state index contributed by atoms with van der Waals surface area (Å²) in [6, 6.07) is 5.32. The highest BCUT2D eigenvalue weighted by Gasteiger charge is 2.26. The summed E-state index contributed by atoms with van der Waals surface area (Å²) in [5.41, 5.74) is 5.83. The van der Waals surface area contributed by atoms with Gasteiger partial charge in [0, 0.05) is 6.92 Å². The molecule has 136 valence electrons. The minimum Gasteiger partial charge on any atom is -0.466 e. The number of para-hydroxylation sites is 1. The predicted octanol–water partition coefficient (Wildman–Crippen LogP) is 0.818. The van der Waals surface area contributed by atoms with Crippen LogP contribution in [0.5, 0.6) is 0 Å². The van der Waals surface area contributed by atoms with Crippen LogP contribution in [0.2, 0.25) is 0 Å². The van der Waals surface area contributed by atoms with Crippen molar-refractivity contribution in [2.75, 3.05) is 11.9 Å². The van der Waals surface area contributed by atoms with Gasteiger partial charge >= 0.3 is 5.97 Å². The summed E-state index contributed by atoms with van der Waals surface area (Å²) in [6.07, 6.45) is 0.0161. The largest absolute Gasteiger partial charge is 0.466 e. The van der Waals surface area contributed by atoms with E-state index in [1.165, 1.54) is 13.0 Å². The molecule has 0 unspecified atom stereocenters. The number of esters is 1. The first-order chi connectivity index (χ1) is 11.8. The number of nitrogens with one attached hydrogen (secondary N) is 2. The van der Waals surface area contributed by atoms with Gasteiger partial charge in [-0.05, 0) is 25.5 Å². The highest BCUT2D eigenvalue weighted by atomic mass is 16.5. The van der Waals surface area contributed by atoms with E-state index in [1.54, 1.807) is 32.0 Å². The van der Waals surface area contributed by atoms with E-state index >= 15 is 0 Å². The molecule has 0 heterocycles. The predicted molar refractivity (Wildman–Crippen MR) is 91.6 cm³/mol. The summed E-state index contributed by atoms with van der Waals surface area (Å²) in [6.45, 7) is 4.81. The number of anilines is 1. The minimum atomic E-state index is -1.04. The van der Waals surface area contributed by atoms with E-state index in [0.29, 0.717) is 5.69 Å². The van der Waals surface area contributed by atoms with Crippen LogP contribution >= 0.6 is 0 Å². The molecular weight excluding hydrogens is 326 g/mol. The molecule has 0 fully saturated rings. The second kappa shape index (κ2) is 9.41. The first kappa shape index (κ1) is 20.1. The maximum absolute atomic E-state index is 12.5. The third-order valence-corrected chi connectivity index (χ3v) is 3.41. The molecule has 2 atom stereocenters. The van der Waals surface area contributed by atoms with E-state index in [0.717, 1.165) is 0 Å². The molecule has 3 amide bonds. The Hall–Kier alpha value is -2.90. The zero-order chi connectivity index (χ0) is 19.0. The molecule has 8 nitrogen and oxygen atoms in total. The van der Waals surface area contributed by atoms with Crippen LogP contribution in [0.25, 0.3) is 0 Å². The maximum atomic E-state index is 12.5. The second-order valence-electron chi connectivity index (χ2n) is 5.54. The fourth-order valence-electron chi connectivity index (χ4n) is 2.20. The Morgan fingerprint density at radius 2 is 1.84 bits per heavy atom. The molecule has 1 aromatic rings. The molecule has 8 heteroatoms. The van der Waals surface area contributed by atoms with Gasteiger partial charge in [0.2, 0.25) is 11.8 Å². The van der Waals surface area contributed by atoms with Gasteiger partial charge in [-0.2, -0.15) is 0 Å². The van der Waals surface area contributed by atoms with Crippen molar-refractivity contribution in [2.45, 2.75) is 33.2 Å². The zero-order valence-corrected chi connectivity index (χ0v) is 14.5. The average Bonchev–Trinajstić information content (AvgIpc) is 2.54. The Morgan fingerprint density at radius 1 is 1.20 bits per heavy atom. The van der Waals surface area contributed by atoms with E-state index in [4.69, 9.17) is 10.5 Å². The van der Waals surface area contributed by atoms with E-state index in [2.05, 4.69) is 10.6 Å². The fourth-order valence-corrected chi connectivity index (χ4v) is 2.20. The van der Waals surface area contributed by atoms with Crippen LogP contribution in [0.3, 0.4) is 0 Å². The zero-order valence-electron chi connectivity index (χ0n) is 14.5. The number of rotatable bonds is 8. The Morgan fingerprint density at radius 3 is 2.40 bits per heavy atom. The topological polar surface area (TPSA) is 128 Å². The third kappa shape index (κ3) is 6.25. The Bertz CT molecular complexity index is 659. The summed E-state index contributed by atoms with van der Waals surface area (Å²) in [4.78, 5) is 47.0. The van der Waals surface area contributed by atoms with Crippen LogP contribution in [-0.4, -0.2) is 36.3 Å². The standard InChI is InChI=1S/C17H23N3O5/c1-4-25-17(24)10(2)9-14(15(18)22)20-16(23)12-7-5-6-8-13(12)19-11(3)21/h5-8,10,14H,4,9H2,1-3H3,(H2,18,22)(H,19,21)(H,20,23)/t10-,14+/m1/s1. The number of benzene rings is 1. The van der Waals surface area contributed by atoms with Crippen molar-refractivity contribution in [3.8, 4) is 0 Å². The molecule has 0 bridgehead atoms. The number of hydrogen-bond acceptors (Lipinski definition) is 5. The molecule has 0 aliphatic carbocycles. The van der Waals surface area contributed by atoms with Crippen molar-refractivity contribution in [3.63, 3.8) is 0 Å². The number of nitrogens with two attached hydrogens (primary N) is 1. The summed E-state index contributed by atoms with van der Waals surface area (Å²) in [5, 5.41) is 5.04. The van der Waals surface area contributed by atoms with Gasteiger partial charge in [-0.1, -0.05) is 19.1 Å². The first-order valence-electron chi connectivity index (χ1n) is 7.89. The molecule has 4 N–H and O–H groups in total. The lowest BCUT2D eigenvalue weighted by atomic mass is 10.0. The molecule has 25 heavy (non-hydrogen) atoms. The van der Waals surface area contributed by atoms with E-state index < -0.39 is 29.7 Å². The summed E-state index contributed by atoms with van der Waals surface area (Å²) in [7, 11) is 0. The monoisotopic (exact) mass is 349 g/mol. The number of primary amides is 1. The lowest BCUT2D eigenvalue weighted by molar-refractivity contribution is -0.147. The van der Waals surface area contributed by atoms with Gasteiger partial charge in [0.15, 0.2) is 0 Å². The van der Waals surface area contributed by atoms with Gasteiger partial charge < -0.3 is 21.1 Å². The lowest BCUT2D eigenvalue weighted by Gasteiger charge is -2.19. The summed E-state index contributed by atoms with van der Waals surface area (Å²) < 4.78 is 4.89. The number of carbonyl (C=O) groups is 4. The molecule has 0 radical (unpaired) electrons. The fraction of sp³-hybridized carbons (Fsp3) is 0.412. The van der Waals surface area contributed by atoms with Gasteiger partial charge in [-0.3, -0.25) is 19.2 Å². The highest BCUT2D eigenvalue weighted by Crippen LogP contribution is 2.16. The molecule has 0 aliphatic heterocycles. The summed E-state index contributed by atoms with van der Waals surface area (Å²) >= 11 is 0. The Kier molecular flexibility index (Phi) is 7.58. The van der Waals surface area contributed by atoms with Gasteiger partial charge in [0.25, 0.3) is 5.91 Å². The van der Waals surface area contributed by atoms with Gasteiger partial charge in [-0.15, -0.1) is 0 Å². The van der Waals surface area contributed by atoms with Gasteiger partial charge in [0.1, 0.15) is 6.04 Å². The quantitative estimate of drug-likeness (QED) is 0.599. The van der Waals surface area contributed by atoms with Crippen LogP contribution in [0.4, 0.5) is 5.69 Å². The van der Waals surface area contributed by atoms with Crippen molar-refractivity contribution in [1.29, 1.82) is 0 Å². The van der Waals surface area contributed by atoms with Crippen LogP contribution in [0, 0.1) is 5.92 Å². The van der Waals surface area contributed by atoms with Crippen molar-refractivity contribution >= 4 is 29.4 Å². The van der Waals surface area contributed by atoms with Crippen molar-refractivity contribution < 1.29 is 23.9 Å². The molecular formula is C17H23N3O5. The first-order valence-corrected chi connectivity index (χ1v) is 7.89. The van der Waals surface area contributed by atoms with Crippen LogP contribution < -0.4 is 16.4 Å². The van der Waals surface area contributed by atoms with Gasteiger partial charge in [0.05, 0.1) is 23.8 Å². The van der Waals surface area contributed by atoms with Crippen LogP contribution in [0.1, 0.15) is 37.6 Å². The number of amides is 3. The van der Waals surface area contributed by atoms with Crippen molar-refractivity contribution in [1.82, 2.24) is 5.32 Å². The highest BCUT2D eigenvalue weighted by molar-refractivity contribution is 6.04. The van der Waals surface area contributed by atoms with Crippen molar-refractivity contribution in [3.05, 3.63) is 29.8 Å². The molecule has 0 aromatic heterocycles. The summed E-state index contributed by atoms with van der Waals surface area (Å²) in [5.74, 6) is -2.75. The van der Waals surface area contributed by atoms with Crippen LogP contribution in [-0.2, 0) is 19.1 Å². The molecule has 0 aliphatic rings. The number of carbonyl (C=O) groups excluding carboxylic acids is 4. The maximum Gasteiger partial charge on any atom is 0.308 e. The van der Waals surface area contributed by atoms with E-state index in [9.17, 15) is 19.2 Å². The smallest absolute Gasteiger partial charge is 0.308 e. The minimum absolute atomic E-state index is 0.0161. The average molecular weight is 349 g/mol. The van der Waals surface area contributed by atoms with E-state index in [-0.39, 0.29) is 24.5 Å². The van der Waals surface area contributed by atoms with Gasteiger partial charge in [-0.25, -0.2) is 0 Å². The van der Waals surface area contributed by atoms with E-state index in [1.807, 2.05) is 0 Å². The molecule has 1 aromatic carbocycles. The SMILES string of the molecule is CCOC(=O)[C@H](C)C[C@H](NC(=O)c1ccccc1NC(C)=O)C(N)=O.